The van der Waals surface area contributed by atoms with Crippen LogP contribution in [0.15, 0.2) is 0 Å². The number of nitrogens with two attached hydrogens (primary N) is 1. The second kappa shape index (κ2) is 6.90. The molecule has 116 valence electrons. The van der Waals surface area contributed by atoms with Gasteiger partial charge in [0.2, 0.25) is 5.91 Å². The first kappa shape index (κ1) is 15.8. The van der Waals surface area contributed by atoms with Crippen LogP contribution < -0.4 is 11.1 Å². The van der Waals surface area contributed by atoms with Crippen LogP contribution in [-0.2, 0) is 4.79 Å². The smallest absolute Gasteiger partial charge is 0.227 e. The van der Waals surface area contributed by atoms with Crippen molar-refractivity contribution < 1.29 is 4.79 Å². The molecule has 4 nitrogen and oxygen atoms in total. The Labute approximate surface area is 123 Å². The highest BCUT2D eigenvalue weighted by Gasteiger charge is 2.35. The minimum Gasteiger partial charge on any atom is -0.353 e. The predicted octanol–water partition coefficient (Wildman–Crippen LogP) is 1.74. The summed E-state index contributed by atoms with van der Waals surface area (Å²) in [6, 6.07) is 0.349. The third kappa shape index (κ3) is 3.73. The summed E-state index contributed by atoms with van der Waals surface area (Å²) in [7, 11) is 0. The van der Waals surface area contributed by atoms with Crippen LogP contribution in [0.2, 0.25) is 0 Å². The summed E-state index contributed by atoms with van der Waals surface area (Å²) in [4.78, 5) is 15.1. The van der Waals surface area contributed by atoms with Crippen molar-refractivity contribution in [3.8, 4) is 0 Å². The van der Waals surface area contributed by atoms with E-state index in [2.05, 4.69) is 24.1 Å². The van der Waals surface area contributed by atoms with Crippen molar-refractivity contribution in [1.82, 2.24) is 10.2 Å². The van der Waals surface area contributed by atoms with Crippen LogP contribution in [0.3, 0.4) is 0 Å². The van der Waals surface area contributed by atoms with E-state index < -0.39 is 0 Å². The average molecular weight is 281 g/mol. The van der Waals surface area contributed by atoms with Gasteiger partial charge in [-0.25, -0.2) is 0 Å². The first-order chi connectivity index (χ1) is 9.63. The van der Waals surface area contributed by atoms with Crippen LogP contribution in [0.25, 0.3) is 0 Å². The molecule has 1 saturated carbocycles. The van der Waals surface area contributed by atoms with Gasteiger partial charge in [0, 0.05) is 32.2 Å². The first-order valence-electron chi connectivity index (χ1n) is 8.37. The number of likely N-dealkylation sites (tertiary alicyclic amines) is 1. The van der Waals surface area contributed by atoms with Crippen LogP contribution in [0.5, 0.6) is 0 Å². The minimum absolute atomic E-state index is 0.172. The summed E-state index contributed by atoms with van der Waals surface area (Å²) in [5.41, 5.74) is 5.49. The van der Waals surface area contributed by atoms with E-state index >= 15 is 0 Å². The molecule has 2 aliphatic rings. The molecule has 0 radical (unpaired) electrons. The van der Waals surface area contributed by atoms with E-state index in [9.17, 15) is 4.79 Å². The summed E-state index contributed by atoms with van der Waals surface area (Å²) in [5.74, 6) is 1.14. The Morgan fingerprint density at radius 2 is 1.80 bits per heavy atom. The first-order valence-corrected chi connectivity index (χ1v) is 8.37. The zero-order valence-corrected chi connectivity index (χ0v) is 13.2. The Kier molecular flexibility index (Phi) is 5.44. The molecule has 0 aromatic heterocycles. The van der Waals surface area contributed by atoms with Gasteiger partial charge in [0.15, 0.2) is 0 Å². The Morgan fingerprint density at radius 3 is 2.25 bits per heavy atom. The van der Waals surface area contributed by atoms with E-state index in [-0.39, 0.29) is 11.3 Å². The molecule has 0 aromatic carbocycles. The Bertz CT molecular complexity index is 307. The maximum absolute atomic E-state index is 12.5. The molecule has 1 saturated heterocycles. The lowest BCUT2D eigenvalue weighted by molar-refractivity contribution is -0.132. The van der Waals surface area contributed by atoms with Gasteiger partial charge in [-0.3, -0.25) is 4.79 Å². The van der Waals surface area contributed by atoms with Gasteiger partial charge in [-0.1, -0.05) is 13.8 Å². The number of piperidine rings is 1. The van der Waals surface area contributed by atoms with Crippen molar-refractivity contribution in [3.63, 3.8) is 0 Å². The number of carbonyl (C=O) groups excluding carboxylic acids is 1. The van der Waals surface area contributed by atoms with E-state index in [1.165, 1.54) is 19.4 Å². The highest BCUT2D eigenvalue weighted by molar-refractivity contribution is 5.83. The van der Waals surface area contributed by atoms with E-state index in [1.807, 2.05) is 0 Å². The second-order valence-corrected chi connectivity index (χ2v) is 6.68. The predicted molar refractivity (Wildman–Crippen MR) is 82.4 cm³/mol. The molecule has 1 amide bonds. The Morgan fingerprint density at radius 1 is 1.20 bits per heavy atom. The van der Waals surface area contributed by atoms with Crippen LogP contribution in [0.1, 0.15) is 52.4 Å². The fourth-order valence-corrected chi connectivity index (χ4v) is 3.22. The number of hydrogen-bond acceptors (Lipinski definition) is 3. The Balaban J connectivity index is 1.77. The summed E-state index contributed by atoms with van der Waals surface area (Å²) >= 11 is 0. The van der Waals surface area contributed by atoms with Crippen molar-refractivity contribution in [1.29, 1.82) is 0 Å². The molecule has 2 fully saturated rings. The molecule has 4 heteroatoms. The SMILES string of the molecule is CCC(CC)(CN)C(=O)NC1CCN(CC2CC2)CC1. The van der Waals surface area contributed by atoms with Gasteiger partial charge in [0.1, 0.15) is 0 Å². The van der Waals surface area contributed by atoms with Crippen LogP contribution >= 0.6 is 0 Å². The van der Waals surface area contributed by atoms with Crippen molar-refractivity contribution in [2.75, 3.05) is 26.2 Å². The quantitative estimate of drug-likeness (QED) is 0.747. The van der Waals surface area contributed by atoms with Gasteiger partial charge in [0.25, 0.3) is 0 Å². The summed E-state index contributed by atoms with van der Waals surface area (Å²) in [6.07, 6.45) is 6.67. The van der Waals surface area contributed by atoms with Gasteiger partial charge in [-0.05, 0) is 44.4 Å². The Hall–Kier alpha value is -0.610. The van der Waals surface area contributed by atoms with E-state index in [0.29, 0.717) is 12.6 Å². The van der Waals surface area contributed by atoms with Crippen molar-refractivity contribution in [2.45, 2.75) is 58.4 Å². The molecule has 3 N–H and O–H groups in total. The maximum atomic E-state index is 12.5. The summed E-state index contributed by atoms with van der Waals surface area (Å²) < 4.78 is 0. The fraction of sp³-hybridized carbons (Fsp3) is 0.938. The molecule has 0 spiro atoms. The van der Waals surface area contributed by atoms with Gasteiger partial charge >= 0.3 is 0 Å². The molecule has 1 aliphatic carbocycles. The molecule has 0 atom stereocenters. The van der Waals surface area contributed by atoms with E-state index in [4.69, 9.17) is 5.73 Å². The van der Waals surface area contributed by atoms with Crippen molar-refractivity contribution in [3.05, 3.63) is 0 Å². The maximum Gasteiger partial charge on any atom is 0.227 e. The highest BCUT2D eigenvalue weighted by atomic mass is 16.2. The molecule has 0 aromatic rings. The second-order valence-electron chi connectivity index (χ2n) is 6.68. The highest BCUT2D eigenvalue weighted by Crippen LogP contribution is 2.31. The lowest BCUT2D eigenvalue weighted by Gasteiger charge is -2.35. The molecule has 20 heavy (non-hydrogen) atoms. The number of amides is 1. The van der Waals surface area contributed by atoms with Crippen LogP contribution in [0.4, 0.5) is 0 Å². The number of rotatable bonds is 7. The number of nitrogens with zero attached hydrogens (tertiary/aromatic N) is 1. The fourth-order valence-electron chi connectivity index (χ4n) is 3.22. The van der Waals surface area contributed by atoms with Crippen LogP contribution in [-0.4, -0.2) is 43.0 Å². The monoisotopic (exact) mass is 281 g/mol. The van der Waals surface area contributed by atoms with E-state index in [0.717, 1.165) is 44.7 Å². The summed E-state index contributed by atoms with van der Waals surface area (Å²) in [6.45, 7) is 8.12. The zero-order chi connectivity index (χ0) is 14.6. The molecule has 1 heterocycles. The minimum atomic E-state index is -0.356. The average Bonchev–Trinajstić information content (AvgIpc) is 3.28. The molecular formula is C16H31N3O. The number of carbonyl (C=O) groups is 1. The molecule has 1 aliphatic heterocycles. The lowest BCUT2D eigenvalue weighted by atomic mass is 9.81. The standard InChI is InChI=1S/C16H31N3O/c1-3-16(4-2,12-17)15(20)18-14-7-9-19(10-8-14)11-13-5-6-13/h13-14H,3-12,17H2,1-2H3,(H,18,20). The number of hydrogen-bond donors (Lipinski definition) is 2. The van der Waals surface area contributed by atoms with Gasteiger partial charge < -0.3 is 16.0 Å². The molecule has 0 bridgehead atoms. The molecular weight excluding hydrogens is 250 g/mol. The van der Waals surface area contributed by atoms with Gasteiger partial charge in [-0.2, -0.15) is 0 Å². The van der Waals surface area contributed by atoms with Gasteiger partial charge in [-0.15, -0.1) is 0 Å². The molecule has 2 rings (SSSR count). The third-order valence-electron chi connectivity index (χ3n) is 5.36. The zero-order valence-electron chi connectivity index (χ0n) is 13.2. The van der Waals surface area contributed by atoms with E-state index in [1.54, 1.807) is 0 Å². The van der Waals surface area contributed by atoms with Crippen molar-refractivity contribution >= 4 is 5.91 Å². The van der Waals surface area contributed by atoms with Crippen LogP contribution in [0, 0.1) is 11.3 Å². The number of nitrogens with one attached hydrogen (secondary N) is 1. The normalized spacial score (nSPS) is 21.9. The third-order valence-corrected chi connectivity index (χ3v) is 5.36. The van der Waals surface area contributed by atoms with Crippen molar-refractivity contribution in [2.24, 2.45) is 17.1 Å². The van der Waals surface area contributed by atoms with Gasteiger partial charge in [0.05, 0.1) is 5.41 Å². The summed E-state index contributed by atoms with van der Waals surface area (Å²) in [5, 5.41) is 3.26. The lowest BCUT2D eigenvalue weighted by Crippen LogP contribution is -2.51. The topological polar surface area (TPSA) is 58.4 Å². The molecule has 0 unspecified atom stereocenters. The largest absolute Gasteiger partial charge is 0.353 e.